The Morgan fingerprint density at radius 2 is 1.92 bits per heavy atom. The summed E-state index contributed by atoms with van der Waals surface area (Å²) in [7, 11) is 0. The van der Waals surface area contributed by atoms with Gasteiger partial charge in [0.1, 0.15) is 0 Å². The van der Waals surface area contributed by atoms with E-state index in [1.165, 1.54) is 30.6 Å². The summed E-state index contributed by atoms with van der Waals surface area (Å²) >= 11 is 1.74. The molecule has 0 atom stereocenters. The van der Waals surface area contributed by atoms with E-state index in [0.717, 1.165) is 22.9 Å². The molecule has 1 N–H and O–H groups in total. The lowest BCUT2D eigenvalue weighted by Crippen LogP contribution is -2.04. The Labute approximate surface area is 154 Å². The van der Waals surface area contributed by atoms with Crippen LogP contribution >= 0.6 is 11.3 Å². The minimum Gasteiger partial charge on any atom is -0.276 e. The number of rotatable bonds is 7. The predicted octanol–water partition coefficient (Wildman–Crippen LogP) is 6.34. The van der Waals surface area contributed by atoms with E-state index in [1.54, 1.807) is 23.6 Å². The third-order valence-electron chi connectivity index (χ3n) is 4.13. The number of aryl methyl sites for hydroxylation is 1. The average molecular weight is 379 g/mol. The lowest BCUT2D eigenvalue weighted by molar-refractivity contribution is -0.141. The molecule has 7 heteroatoms. The Hall–Kier alpha value is -2.15. The van der Waals surface area contributed by atoms with Crippen molar-refractivity contribution in [2.24, 2.45) is 0 Å². The summed E-state index contributed by atoms with van der Waals surface area (Å²) in [6.45, 7) is 2.20. The van der Waals surface area contributed by atoms with Crippen molar-refractivity contribution in [3.8, 4) is 21.8 Å². The summed E-state index contributed by atoms with van der Waals surface area (Å²) in [4.78, 5) is 6.76. The van der Waals surface area contributed by atoms with E-state index in [9.17, 15) is 13.2 Å². The highest BCUT2D eigenvalue weighted by atomic mass is 32.1. The SMILES string of the molecule is CCCCCCc1ccc(-c2ccc(-c3cc(C(F)(F)F)n[nH]3)nc2)s1. The molecule has 0 amide bonds. The van der Waals surface area contributed by atoms with Gasteiger partial charge in [0.15, 0.2) is 5.69 Å². The molecule has 0 fully saturated rings. The molecule has 0 aliphatic heterocycles. The number of aromatic nitrogens is 3. The number of aromatic amines is 1. The van der Waals surface area contributed by atoms with Gasteiger partial charge in [-0.2, -0.15) is 18.3 Å². The van der Waals surface area contributed by atoms with Crippen molar-refractivity contribution in [3.05, 3.63) is 47.1 Å². The first-order chi connectivity index (χ1) is 12.5. The van der Waals surface area contributed by atoms with Crippen LogP contribution in [0.2, 0.25) is 0 Å². The number of alkyl halides is 3. The Kier molecular flexibility index (Phi) is 5.76. The largest absolute Gasteiger partial charge is 0.435 e. The molecule has 3 heterocycles. The van der Waals surface area contributed by atoms with Crippen LogP contribution in [-0.2, 0) is 12.6 Å². The van der Waals surface area contributed by atoms with Crippen molar-refractivity contribution in [2.45, 2.75) is 45.2 Å². The van der Waals surface area contributed by atoms with Gasteiger partial charge in [-0.05, 0) is 43.2 Å². The number of nitrogens with one attached hydrogen (secondary N) is 1. The molecule has 0 aromatic carbocycles. The molecule has 3 aromatic heterocycles. The van der Waals surface area contributed by atoms with Crippen LogP contribution in [0.15, 0.2) is 36.5 Å². The molecule has 138 valence electrons. The van der Waals surface area contributed by atoms with Crippen LogP contribution in [0.25, 0.3) is 21.8 Å². The zero-order valence-corrected chi connectivity index (χ0v) is 15.3. The van der Waals surface area contributed by atoms with Crippen LogP contribution in [0.5, 0.6) is 0 Å². The fourth-order valence-corrected chi connectivity index (χ4v) is 3.73. The molecular formula is C19H20F3N3S. The standard InChI is InChI=1S/C19H20F3N3S/c1-2-3-4-5-6-14-8-10-17(26-14)13-7-9-15(23-12-13)16-11-18(25-24-16)19(20,21)22/h7-12H,2-6H2,1H3,(H,24,25). The van der Waals surface area contributed by atoms with E-state index in [-0.39, 0.29) is 5.69 Å². The molecular weight excluding hydrogens is 359 g/mol. The summed E-state index contributed by atoms with van der Waals surface area (Å²) in [5.74, 6) is 0. The Bertz CT molecular complexity index is 834. The van der Waals surface area contributed by atoms with Gasteiger partial charge in [0.05, 0.1) is 11.4 Å². The van der Waals surface area contributed by atoms with Gasteiger partial charge in [-0.15, -0.1) is 11.3 Å². The fourth-order valence-electron chi connectivity index (χ4n) is 2.69. The molecule has 0 aliphatic rings. The highest BCUT2D eigenvalue weighted by Gasteiger charge is 2.34. The summed E-state index contributed by atoms with van der Waals surface area (Å²) in [5, 5.41) is 5.70. The van der Waals surface area contributed by atoms with Gasteiger partial charge in [0.25, 0.3) is 0 Å². The van der Waals surface area contributed by atoms with Crippen LogP contribution in [0.4, 0.5) is 13.2 Å². The maximum Gasteiger partial charge on any atom is 0.435 e. The van der Waals surface area contributed by atoms with Crippen molar-refractivity contribution >= 4 is 11.3 Å². The first-order valence-electron chi connectivity index (χ1n) is 8.65. The number of hydrogen-bond acceptors (Lipinski definition) is 3. The van der Waals surface area contributed by atoms with E-state index in [0.29, 0.717) is 5.69 Å². The monoisotopic (exact) mass is 379 g/mol. The molecule has 3 nitrogen and oxygen atoms in total. The quantitative estimate of drug-likeness (QED) is 0.487. The van der Waals surface area contributed by atoms with Crippen molar-refractivity contribution in [1.82, 2.24) is 15.2 Å². The van der Waals surface area contributed by atoms with Crippen molar-refractivity contribution in [3.63, 3.8) is 0 Å². The minimum absolute atomic E-state index is 0.256. The molecule has 3 aromatic rings. The van der Waals surface area contributed by atoms with Gasteiger partial charge >= 0.3 is 6.18 Å². The van der Waals surface area contributed by atoms with E-state index in [4.69, 9.17) is 0 Å². The lowest BCUT2D eigenvalue weighted by Gasteiger charge is -2.01. The van der Waals surface area contributed by atoms with Crippen molar-refractivity contribution in [2.75, 3.05) is 0 Å². The molecule has 0 radical (unpaired) electrons. The van der Waals surface area contributed by atoms with Crippen LogP contribution in [0.1, 0.15) is 43.2 Å². The maximum absolute atomic E-state index is 12.6. The zero-order chi connectivity index (χ0) is 18.6. The van der Waals surface area contributed by atoms with E-state index >= 15 is 0 Å². The summed E-state index contributed by atoms with van der Waals surface area (Å²) in [6, 6.07) is 8.78. The Morgan fingerprint density at radius 1 is 1.08 bits per heavy atom. The molecule has 0 bridgehead atoms. The fraction of sp³-hybridized carbons (Fsp3) is 0.368. The third-order valence-corrected chi connectivity index (χ3v) is 5.32. The summed E-state index contributed by atoms with van der Waals surface area (Å²) in [5.41, 5.74) is 0.721. The number of hydrogen-bond donors (Lipinski definition) is 1. The Morgan fingerprint density at radius 3 is 2.58 bits per heavy atom. The first kappa shape index (κ1) is 18.6. The topological polar surface area (TPSA) is 41.6 Å². The number of nitrogens with zero attached hydrogens (tertiary/aromatic N) is 2. The highest BCUT2D eigenvalue weighted by molar-refractivity contribution is 7.15. The number of halogens is 3. The molecule has 0 saturated carbocycles. The first-order valence-corrected chi connectivity index (χ1v) is 9.47. The summed E-state index contributed by atoms with van der Waals surface area (Å²) < 4.78 is 37.9. The second-order valence-corrected chi connectivity index (χ2v) is 7.34. The number of H-pyrrole nitrogens is 1. The second-order valence-electron chi connectivity index (χ2n) is 6.17. The predicted molar refractivity (Wildman–Crippen MR) is 98.0 cm³/mol. The van der Waals surface area contributed by atoms with Gasteiger partial charge in [-0.1, -0.05) is 26.2 Å². The minimum atomic E-state index is -4.46. The molecule has 26 heavy (non-hydrogen) atoms. The van der Waals surface area contributed by atoms with Crippen LogP contribution in [-0.4, -0.2) is 15.2 Å². The second kappa shape index (κ2) is 8.03. The molecule has 0 spiro atoms. The van der Waals surface area contributed by atoms with Gasteiger partial charge in [0.2, 0.25) is 0 Å². The van der Waals surface area contributed by atoms with Crippen molar-refractivity contribution < 1.29 is 13.2 Å². The molecule has 0 unspecified atom stereocenters. The van der Waals surface area contributed by atoms with Gasteiger partial charge in [0, 0.05) is 21.5 Å². The summed E-state index contributed by atoms with van der Waals surface area (Å²) in [6.07, 6.45) is 3.28. The van der Waals surface area contributed by atoms with Gasteiger partial charge < -0.3 is 0 Å². The van der Waals surface area contributed by atoms with Crippen LogP contribution in [0.3, 0.4) is 0 Å². The Balaban J connectivity index is 1.68. The zero-order valence-electron chi connectivity index (χ0n) is 14.4. The molecule has 0 saturated heterocycles. The lowest BCUT2D eigenvalue weighted by atomic mass is 10.1. The molecule has 0 aliphatic carbocycles. The molecule has 3 rings (SSSR count). The normalized spacial score (nSPS) is 11.8. The van der Waals surface area contributed by atoms with E-state index < -0.39 is 11.9 Å². The van der Waals surface area contributed by atoms with E-state index in [2.05, 4.69) is 34.2 Å². The highest BCUT2D eigenvalue weighted by Crippen LogP contribution is 2.32. The average Bonchev–Trinajstić information content (AvgIpc) is 3.28. The maximum atomic E-state index is 12.6. The van der Waals surface area contributed by atoms with Crippen LogP contribution < -0.4 is 0 Å². The van der Waals surface area contributed by atoms with Gasteiger partial charge in [-0.3, -0.25) is 10.1 Å². The smallest absolute Gasteiger partial charge is 0.276 e. The number of thiophene rings is 1. The third kappa shape index (κ3) is 4.52. The van der Waals surface area contributed by atoms with Crippen LogP contribution in [0, 0.1) is 0 Å². The van der Waals surface area contributed by atoms with Crippen molar-refractivity contribution in [1.29, 1.82) is 0 Å². The number of pyridine rings is 1. The van der Waals surface area contributed by atoms with E-state index in [1.807, 2.05) is 6.07 Å². The number of unbranched alkanes of at least 4 members (excludes halogenated alkanes) is 3. The van der Waals surface area contributed by atoms with Gasteiger partial charge in [-0.25, -0.2) is 0 Å².